The first kappa shape index (κ1) is 22.4. The maximum absolute atomic E-state index is 12.7. The van der Waals surface area contributed by atoms with Crippen LogP contribution in [-0.2, 0) is 21.5 Å². The Bertz CT molecular complexity index is 1140. The minimum absolute atomic E-state index is 0.217. The van der Waals surface area contributed by atoms with Crippen LogP contribution in [0.25, 0.3) is 11.1 Å². The molecular weight excluding hydrogens is 414 g/mol. The summed E-state index contributed by atoms with van der Waals surface area (Å²) in [6.45, 7) is 7.62. The van der Waals surface area contributed by atoms with Crippen LogP contribution in [0.1, 0.15) is 43.7 Å². The second kappa shape index (κ2) is 9.26. The lowest BCUT2D eigenvalue weighted by molar-refractivity contribution is -0.117. The van der Waals surface area contributed by atoms with E-state index in [1.165, 1.54) is 17.4 Å². The lowest BCUT2D eigenvalue weighted by Crippen LogP contribution is -2.31. The number of aromatic nitrogens is 2. The molecule has 2 aromatic heterocycles. The number of anilines is 1. The van der Waals surface area contributed by atoms with Crippen LogP contribution in [0, 0.1) is 0 Å². The molecule has 0 unspecified atom stereocenters. The van der Waals surface area contributed by atoms with Crippen molar-refractivity contribution in [3.05, 3.63) is 69.5 Å². The van der Waals surface area contributed by atoms with Crippen molar-refractivity contribution in [2.45, 2.75) is 39.7 Å². The Hall–Kier alpha value is -3.26. The van der Waals surface area contributed by atoms with Gasteiger partial charge in [-0.2, -0.15) is 5.10 Å². The van der Waals surface area contributed by atoms with E-state index in [1.54, 1.807) is 13.0 Å². The van der Waals surface area contributed by atoms with Crippen molar-refractivity contribution >= 4 is 28.2 Å². The number of hydrogen-bond acceptors (Lipinski definition) is 6. The predicted molar refractivity (Wildman–Crippen MR) is 122 cm³/mol. The van der Waals surface area contributed by atoms with Gasteiger partial charge in [0.1, 0.15) is 17.1 Å². The van der Waals surface area contributed by atoms with Gasteiger partial charge in [-0.1, -0.05) is 51.1 Å². The van der Waals surface area contributed by atoms with Crippen LogP contribution < -0.4 is 10.9 Å². The number of amides is 1. The van der Waals surface area contributed by atoms with Gasteiger partial charge in [0, 0.05) is 22.4 Å². The molecule has 0 bridgehead atoms. The minimum atomic E-state index is -0.511. The van der Waals surface area contributed by atoms with Crippen LogP contribution in [0.4, 0.5) is 5.00 Å². The normalized spacial score (nSPS) is 11.2. The third-order valence-electron chi connectivity index (χ3n) is 4.54. The molecule has 0 fully saturated rings. The maximum Gasteiger partial charge on any atom is 0.341 e. The predicted octanol–water partition coefficient (Wildman–Crippen LogP) is 4.08. The summed E-state index contributed by atoms with van der Waals surface area (Å²) >= 11 is 1.24. The van der Waals surface area contributed by atoms with Gasteiger partial charge < -0.3 is 10.1 Å². The molecule has 162 valence electrons. The fourth-order valence-electron chi connectivity index (χ4n) is 2.95. The first-order chi connectivity index (χ1) is 14.7. The molecule has 0 radical (unpaired) electrons. The zero-order valence-electron chi connectivity index (χ0n) is 18.0. The van der Waals surface area contributed by atoms with Crippen molar-refractivity contribution in [2.75, 3.05) is 11.9 Å². The van der Waals surface area contributed by atoms with Gasteiger partial charge in [-0.15, -0.1) is 11.3 Å². The molecule has 3 rings (SSSR count). The molecule has 31 heavy (non-hydrogen) atoms. The van der Waals surface area contributed by atoms with Crippen LogP contribution >= 0.6 is 11.3 Å². The van der Waals surface area contributed by atoms with E-state index in [9.17, 15) is 14.4 Å². The molecule has 1 N–H and O–H groups in total. The van der Waals surface area contributed by atoms with E-state index in [0.29, 0.717) is 21.8 Å². The molecule has 2 heterocycles. The summed E-state index contributed by atoms with van der Waals surface area (Å²) < 4.78 is 6.34. The highest BCUT2D eigenvalue weighted by atomic mass is 32.1. The number of carbonyl (C=O) groups is 2. The van der Waals surface area contributed by atoms with Crippen LogP contribution in [0.2, 0.25) is 0 Å². The number of thiophene rings is 1. The van der Waals surface area contributed by atoms with Gasteiger partial charge in [0.25, 0.3) is 5.56 Å². The molecule has 8 heteroatoms. The minimum Gasteiger partial charge on any atom is -0.462 e. The average molecular weight is 440 g/mol. The Kier molecular flexibility index (Phi) is 6.70. The summed E-state index contributed by atoms with van der Waals surface area (Å²) in [7, 11) is 0. The molecule has 1 aromatic carbocycles. The number of benzene rings is 1. The topological polar surface area (TPSA) is 90.3 Å². The summed E-state index contributed by atoms with van der Waals surface area (Å²) in [6, 6.07) is 12.5. The zero-order chi connectivity index (χ0) is 22.6. The Labute approximate surface area is 184 Å². The highest BCUT2D eigenvalue weighted by Crippen LogP contribution is 2.36. The van der Waals surface area contributed by atoms with Crippen LogP contribution in [0.15, 0.2) is 52.6 Å². The summed E-state index contributed by atoms with van der Waals surface area (Å²) in [5.41, 5.74) is 1.90. The molecule has 0 spiro atoms. The second-order valence-corrected chi connectivity index (χ2v) is 8.83. The molecule has 0 saturated heterocycles. The van der Waals surface area contributed by atoms with E-state index in [2.05, 4.69) is 10.4 Å². The summed E-state index contributed by atoms with van der Waals surface area (Å²) in [6.07, 6.45) is 0. The number of nitrogens with zero attached hydrogens (tertiary/aromatic N) is 2. The van der Waals surface area contributed by atoms with Crippen LogP contribution in [0.5, 0.6) is 0 Å². The van der Waals surface area contributed by atoms with Gasteiger partial charge in [-0.05, 0) is 18.6 Å². The number of rotatable bonds is 6. The fraction of sp³-hybridized carbons (Fsp3) is 0.304. The second-order valence-electron chi connectivity index (χ2n) is 7.95. The Morgan fingerprint density at radius 2 is 1.84 bits per heavy atom. The molecule has 0 aliphatic rings. The summed E-state index contributed by atoms with van der Waals surface area (Å²) in [5, 5.41) is 9.26. The van der Waals surface area contributed by atoms with Crippen molar-refractivity contribution in [3.63, 3.8) is 0 Å². The van der Waals surface area contributed by atoms with Crippen molar-refractivity contribution in [2.24, 2.45) is 0 Å². The number of nitrogens with one attached hydrogen (secondary N) is 1. The van der Waals surface area contributed by atoms with E-state index >= 15 is 0 Å². The monoisotopic (exact) mass is 439 g/mol. The number of carbonyl (C=O) groups excluding carboxylic acids is 2. The quantitative estimate of drug-likeness (QED) is 0.585. The van der Waals surface area contributed by atoms with E-state index in [4.69, 9.17) is 4.74 Å². The summed E-state index contributed by atoms with van der Waals surface area (Å²) in [4.78, 5) is 37.5. The van der Waals surface area contributed by atoms with Gasteiger partial charge in [-0.25, -0.2) is 9.48 Å². The van der Waals surface area contributed by atoms with Crippen molar-refractivity contribution in [1.29, 1.82) is 0 Å². The molecule has 0 atom stereocenters. The fourth-order valence-corrected chi connectivity index (χ4v) is 3.92. The Morgan fingerprint density at radius 3 is 2.48 bits per heavy atom. The standard InChI is InChI=1S/C23H25N3O4S/c1-5-30-22(29)20-16(15-9-7-6-8-10-15)14-31-21(20)24-18(27)13-26-19(28)12-11-17(25-26)23(2,3)4/h6-12,14H,5,13H2,1-4H3,(H,24,27). The molecule has 3 aromatic rings. The highest BCUT2D eigenvalue weighted by molar-refractivity contribution is 7.15. The van der Waals surface area contributed by atoms with Gasteiger partial charge in [0.05, 0.1) is 12.3 Å². The molecular formula is C23H25N3O4S. The first-order valence-electron chi connectivity index (χ1n) is 9.93. The smallest absolute Gasteiger partial charge is 0.341 e. The Morgan fingerprint density at radius 1 is 1.13 bits per heavy atom. The van der Waals surface area contributed by atoms with Gasteiger partial charge in [0.2, 0.25) is 5.91 Å². The number of hydrogen-bond donors (Lipinski definition) is 1. The van der Waals surface area contributed by atoms with E-state index in [0.717, 1.165) is 10.2 Å². The van der Waals surface area contributed by atoms with E-state index < -0.39 is 11.9 Å². The SMILES string of the molecule is CCOC(=O)c1c(-c2ccccc2)csc1NC(=O)Cn1nc(C(C)(C)C)ccc1=O. The molecule has 0 aliphatic carbocycles. The maximum atomic E-state index is 12.7. The zero-order valence-corrected chi connectivity index (χ0v) is 18.8. The number of ether oxygens (including phenoxy) is 1. The molecule has 0 saturated carbocycles. The van der Waals surface area contributed by atoms with Crippen molar-refractivity contribution in [3.8, 4) is 11.1 Å². The van der Waals surface area contributed by atoms with Crippen molar-refractivity contribution in [1.82, 2.24) is 9.78 Å². The molecule has 7 nitrogen and oxygen atoms in total. The van der Waals surface area contributed by atoms with Gasteiger partial charge in [0.15, 0.2) is 0 Å². The van der Waals surface area contributed by atoms with E-state index in [-0.39, 0.29) is 24.1 Å². The first-order valence-corrected chi connectivity index (χ1v) is 10.8. The van der Waals surface area contributed by atoms with Crippen LogP contribution in [-0.4, -0.2) is 28.3 Å². The lowest BCUT2D eigenvalue weighted by atomic mass is 9.92. The third-order valence-corrected chi connectivity index (χ3v) is 5.43. The number of esters is 1. The molecule has 0 aliphatic heterocycles. The van der Waals surface area contributed by atoms with Crippen LogP contribution in [0.3, 0.4) is 0 Å². The summed E-state index contributed by atoms with van der Waals surface area (Å²) in [5.74, 6) is -0.962. The average Bonchev–Trinajstić information content (AvgIpc) is 3.13. The lowest BCUT2D eigenvalue weighted by Gasteiger charge is -2.18. The van der Waals surface area contributed by atoms with Crippen molar-refractivity contribution < 1.29 is 14.3 Å². The Balaban J connectivity index is 1.89. The van der Waals surface area contributed by atoms with E-state index in [1.807, 2.05) is 56.5 Å². The third kappa shape index (κ3) is 5.27. The van der Waals surface area contributed by atoms with Gasteiger partial charge >= 0.3 is 5.97 Å². The largest absolute Gasteiger partial charge is 0.462 e. The molecule has 1 amide bonds. The van der Waals surface area contributed by atoms with Gasteiger partial charge in [-0.3, -0.25) is 9.59 Å². The highest BCUT2D eigenvalue weighted by Gasteiger charge is 2.23.